The van der Waals surface area contributed by atoms with Gasteiger partial charge in [-0.25, -0.2) is 0 Å². The number of rotatable bonds is 17. The molecule has 210 valence electrons. The molecule has 0 aliphatic heterocycles. The lowest BCUT2D eigenvalue weighted by atomic mass is 10.1. The maximum atomic E-state index is 5.67. The van der Waals surface area contributed by atoms with Crippen LogP contribution in [0.2, 0.25) is 0 Å². The van der Waals surface area contributed by atoms with Crippen molar-refractivity contribution >= 4 is 23.2 Å². The quantitative estimate of drug-likeness (QED) is 0.0732. The van der Waals surface area contributed by atoms with Gasteiger partial charge in [-0.05, 0) is 108 Å². The van der Waals surface area contributed by atoms with E-state index in [0.717, 1.165) is 25.7 Å². The smallest absolute Gasteiger partial charge is 0.157 e. The normalized spacial score (nSPS) is 12.1. The van der Waals surface area contributed by atoms with Gasteiger partial charge in [-0.1, -0.05) is 73.2 Å². The fraction of sp³-hybridized carbons (Fsp3) is 0.444. The van der Waals surface area contributed by atoms with Gasteiger partial charge in [0.05, 0.1) is 6.16 Å². The molecule has 0 aliphatic rings. The minimum absolute atomic E-state index is 0.0334. The van der Waals surface area contributed by atoms with Crippen LogP contribution in [-0.4, -0.2) is 25.7 Å². The summed E-state index contributed by atoms with van der Waals surface area (Å²) in [7, 11) is -1.82. The first-order valence-corrected chi connectivity index (χ1v) is 17.0. The third-order valence-electron chi connectivity index (χ3n) is 7.63. The lowest BCUT2D eigenvalue weighted by Gasteiger charge is -2.31. The Balaban J connectivity index is 1.71. The number of aryl methyl sites for hydroxylation is 3. The van der Waals surface area contributed by atoms with Gasteiger partial charge in [-0.3, -0.25) is 0 Å². The average molecular weight is 546 g/mol. The minimum Gasteiger partial charge on any atom is -0.353 e. The zero-order valence-electron chi connectivity index (χ0n) is 25.0. The molecule has 0 amide bonds. The Morgan fingerprint density at radius 2 is 1.03 bits per heavy atom. The summed E-state index contributed by atoms with van der Waals surface area (Å²) in [6.07, 6.45) is 14.1. The highest BCUT2D eigenvalue weighted by Gasteiger charge is 2.47. The Morgan fingerprint density at radius 1 is 0.590 bits per heavy atom. The number of ether oxygens (including phenoxy) is 2. The van der Waals surface area contributed by atoms with Gasteiger partial charge in [-0.15, -0.1) is 0 Å². The van der Waals surface area contributed by atoms with Crippen LogP contribution in [-0.2, 0) is 9.47 Å². The summed E-state index contributed by atoms with van der Waals surface area (Å²) in [6, 6.07) is 27.3. The first-order valence-electron chi connectivity index (χ1n) is 15.0. The largest absolute Gasteiger partial charge is 0.353 e. The molecule has 3 aromatic carbocycles. The van der Waals surface area contributed by atoms with Crippen molar-refractivity contribution in [2.24, 2.45) is 0 Å². The molecule has 2 nitrogen and oxygen atoms in total. The van der Waals surface area contributed by atoms with Crippen molar-refractivity contribution in [1.29, 1.82) is 0 Å². The van der Waals surface area contributed by atoms with Crippen LogP contribution < -0.4 is 15.9 Å². The van der Waals surface area contributed by atoms with Gasteiger partial charge in [0.25, 0.3) is 0 Å². The van der Waals surface area contributed by atoms with E-state index in [1.165, 1.54) is 58.0 Å². The summed E-state index contributed by atoms with van der Waals surface area (Å²) in [5.41, 5.74) is 4.22. The van der Waals surface area contributed by atoms with E-state index in [-0.39, 0.29) is 6.29 Å². The van der Waals surface area contributed by atoms with E-state index in [1.54, 1.807) is 0 Å². The van der Waals surface area contributed by atoms with Crippen LogP contribution >= 0.6 is 7.26 Å². The number of allylic oxidation sites excluding steroid dienone is 2. The molecule has 0 N–H and O–H groups in total. The third-order valence-corrected chi connectivity index (χ3v) is 12.6. The van der Waals surface area contributed by atoms with Crippen molar-refractivity contribution in [2.45, 2.75) is 85.9 Å². The van der Waals surface area contributed by atoms with Crippen LogP contribution in [0.5, 0.6) is 0 Å². The van der Waals surface area contributed by atoms with Crippen molar-refractivity contribution < 1.29 is 9.47 Å². The van der Waals surface area contributed by atoms with E-state index in [9.17, 15) is 0 Å². The fourth-order valence-corrected chi connectivity index (χ4v) is 11.0. The zero-order valence-corrected chi connectivity index (χ0v) is 25.9. The Morgan fingerprint density at radius 3 is 1.46 bits per heavy atom. The van der Waals surface area contributed by atoms with Crippen LogP contribution in [0.25, 0.3) is 0 Å². The summed E-state index contributed by atoms with van der Waals surface area (Å²) >= 11 is 0. The molecule has 0 atom stereocenters. The Labute approximate surface area is 239 Å². The van der Waals surface area contributed by atoms with Crippen molar-refractivity contribution in [3.8, 4) is 0 Å². The molecule has 0 spiro atoms. The van der Waals surface area contributed by atoms with Crippen LogP contribution in [0.4, 0.5) is 0 Å². The van der Waals surface area contributed by atoms with Gasteiger partial charge in [0.15, 0.2) is 6.29 Å². The second kappa shape index (κ2) is 16.8. The highest BCUT2D eigenvalue weighted by atomic mass is 31.2. The highest BCUT2D eigenvalue weighted by Crippen LogP contribution is 2.58. The molecular weight excluding hydrogens is 495 g/mol. The lowest BCUT2D eigenvalue weighted by molar-refractivity contribution is -0.140. The SMILES string of the molecule is CCOC(CCCCC/C=C\CCC[P+](c1ccccc1C)(c1ccccc1C)c1ccccc1C)OCC. The molecule has 0 fully saturated rings. The maximum absolute atomic E-state index is 5.67. The van der Waals surface area contributed by atoms with E-state index in [0.29, 0.717) is 13.2 Å². The van der Waals surface area contributed by atoms with Crippen LogP contribution in [0.1, 0.15) is 75.5 Å². The molecule has 0 aliphatic carbocycles. The minimum atomic E-state index is -1.82. The Kier molecular flexibility index (Phi) is 13.4. The van der Waals surface area contributed by atoms with E-state index < -0.39 is 7.26 Å². The molecule has 0 saturated carbocycles. The van der Waals surface area contributed by atoms with Gasteiger partial charge in [0, 0.05) is 13.2 Å². The van der Waals surface area contributed by atoms with Gasteiger partial charge < -0.3 is 9.47 Å². The molecule has 39 heavy (non-hydrogen) atoms. The number of hydrogen-bond acceptors (Lipinski definition) is 2. The summed E-state index contributed by atoms with van der Waals surface area (Å²) in [5.74, 6) is 0. The van der Waals surface area contributed by atoms with Crippen LogP contribution in [0.3, 0.4) is 0 Å². The molecule has 3 aromatic rings. The summed E-state index contributed by atoms with van der Waals surface area (Å²) in [6.45, 7) is 12.4. The fourth-order valence-electron chi connectivity index (χ4n) is 5.74. The Bertz CT molecular complexity index is 1040. The van der Waals surface area contributed by atoms with Crippen molar-refractivity contribution in [1.82, 2.24) is 0 Å². The van der Waals surface area contributed by atoms with Crippen molar-refractivity contribution in [2.75, 3.05) is 19.4 Å². The van der Waals surface area contributed by atoms with E-state index in [2.05, 4.69) is 106 Å². The van der Waals surface area contributed by atoms with Gasteiger partial charge >= 0.3 is 0 Å². The van der Waals surface area contributed by atoms with E-state index in [4.69, 9.17) is 9.47 Å². The predicted octanol–water partition coefficient (Wildman–Crippen LogP) is 8.59. The second-order valence-electron chi connectivity index (χ2n) is 10.5. The average Bonchev–Trinajstić information content (AvgIpc) is 2.94. The predicted molar refractivity (Wildman–Crippen MR) is 173 cm³/mol. The number of unbranched alkanes of at least 4 members (excludes halogenated alkanes) is 4. The molecule has 0 saturated heterocycles. The van der Waals surface area contributed by atoms with Gasteiger partial charge in [-0.2, -0.15) is 0 Å². The first-order chi connectivity index (χ1) is 19.0. The summed E-state index contributed by atoms with van der Waals surface area (Å²) < 4.78 is 11.3. The molecule has 3 heteroatoms. The Hall–Kier alpha value is -2.25. The zero-order chi connectivity index (χ0) is 27.9. The van der Waals surface area contributed by atoms with E-state index in [1.807, 2.05) is 13.8 Å². The molecule has 3 rings (SSSR count). The molecular formula is C36H50O2P+. The monoisotopic (exact) mass is 545 g/mol. The number of benzene rings is 3. The molecule has 0 unspecified atom stereocenters. The standard InChI is InChI=1S/C36H50O2P/c1-6-37-36(38-7-2)28-14-12-10-8-9-11-13-21-29-39(33-25-18-15-22-30(33)3,34-26-19-16-23-31(34)4)35-27-20-17-24-32(35)5/h9,11,15-20,22-27,36H,6-8,10,12-14,21,28-29H2,1-5H3/q+1/b11-9-. The van der Waals surface area contributed by atoms with Crippen molar-refractivity contribution in [3.05, 3.63) is 102 Å². The molecule has 0 aromatic heterocycles. The van der Waals surface area contributed by atoms with Crippen molar-refractivity contribution in [3.63, 3.8) is 0 Å². The van der Waals surface area contributed by atoms with Gasteiger partial charge in [0.1, 0.15) is 23.2 Å². The van der Waals surface area contributed by atoms with Crippen LogP contribution in [0, 0.1) is 20.8 Å². The first kappa shape index (κ1) is 31.3. The topological polar surface area (TPSA) is 18.5 Å². The number of hydrogen-bond donors (Lipinski definition) is 0. The summed E-state index contributed by atoms with van der Waals surface area (Å²) in [5, 5.41) is 4.61. The summed E-state index contributed by atoms with van der Waals surface area (Å²) in [4.78, 5) is 0. The lowest BCUT2D eigenvalue weighted by Crippen LogP contribution is -2.37. The van der Waals surface area contributed by atoms with Crippen LogP contribution in [0.15, 0.2) is 84.9 Å². The third kappa shape index (κ3) is 8.62. The second-order valence-corrected chi connectivity index (χ2v) is 14.0. The van der Waals surface area contributed by atoms with Gasteiger partial charge in [0.2, 0.25) is 0 Å². The molecule has 0 radical (unpaired) electrons. The van der Waals surface area contributed by atoms with E-state index >= 15 is 0 Å². The maximum Gasteiger partial charge on any atom is 0.157 e. The molecule has 0 heterocycles. The molecule has 0 bridgehead atoms. The highest BCUT2D eigenvalue weighted by molar-refractivity contribution is 7.96.